The lowest BCUT2D eigenvalue weighted by Crippen LogP contribution is -2.42. The first kappa shape index (κ1) is 11.7. The third-order valence-electron chi connectivity index (χ3n) is 1.11. The molecule has 0 atom stereocenters. The summed E-state index contributed by atoms with van der Waals surface area (Å²) in [5.74, 6) is 4.64. The highest BCUT2D eigenvalue weighted by Gasteiger charge is 2.14. The number of hydrazine groups is 1. The minimum Gasteiger partial charge on any atom is -0.465 e. The summed E-state index contributed by atoms with van der Waals surface area (Å²) in [6, 6.07) is 0. The Hall–Kier alpha value is -1.30. The summed E-state index contributed by atoms with van der Waals surface area (Å²) < 4.78 is 9.11. The van der Waals surface area contributed by atoms with Crippen molar-refractivity contribution in [3.63, 3.8) is 0 Å². The van der Waals surface area contributed by atoms with Gasteiger partial charge in [0.05, 0.1) is 13.2 Å². The highest BCUT2D eigenvalue weighted by atomic mass is 16.6. The van der Waals surface area contributed by atoms with E-state index in [0.29, 0.717) is 5.01 Å². The summed E-state index contributed by atoms with van der Waals surface area (Å²) in [6.07, 6.45) is -0.740. The minimum absolute atomic E-state index is 0.218. The number of carbonyl (C=O) groups is 2. The van der Waals surface area contributed by atoms with Crippen LogP contribution >= 0.6 is 0 Å². The van der Waals surface area contributed by atoms with Crippen LogP contribution in [0.3, 0.4) is 0 Å². The molecule has 6 nitrogen and oxygen atoms in total. The fourth-order valence-corrected chi connectivity index (χ4v) is 0.617. The number of nitrogens with zero attached hydrogens (tertiary/aromatic N) is 1. The molecule has 13 heavy (non-hydrogen) atoms. The van der Waals surface area contributed by atoms with Crippen LogP contribution in [0.4, 0.5) is 4.79 Å². The topological polar surface area (TPSA) is 81.9 Å². The second-order valence-electron chi connectivity index (χ2n) is 2.13. The van der Waals surface area contributed by atoms with Crippen LogP contribution in [-0.2, 0) is 14.3 Å². The largest absolute Gasteiger partial charge is 0.465 e. The van der Waals surface area contributed by atoms with Crippen LogP contribution in [0.5, 0.6) is 0 Å². The minimum atomic E-state index is -0.740. The highest BCUT2D eigenvalue weighted by molar-refractivity contribution is 5.77. The Labute approximate surface area is 76.5 Å². The molecule has 0 aromatic rings. The molecular formula is C7H14N2O4. The van der Waals surface area contributed by atoms with Gasteiger partial charge in [0, 0.05) is 0 Å². The maximum absolute atomic E-state index is 10.9. The monoisotopic (exact) mass is 190 g/mol. The number of esters is 1. The normalized spacial score (nSPS) is 9.15. The molecule has 0 bridgehead atoms. The molecule has 1 amide bonds. The van der Waals surface area contributed by atoms with E-state index in [2.05, 4.69) is 9.47 Å². The summed E-state index contributed by atoms with van der Waals surface area (Å²) in [5, 5.41) is 0.668. The zero-order valence-electron chi connectivity index (χ0n) is 7.78. The van der Waals surface area contributed by atoms with E-state index >= 15 is 0 Å². The molecule has 76 valence electrons. The maximum Gasteiger partial charge on any atom is 0.424 e. The zero-order chi connectivity index (χ0) is 10.3. The molecule has 0 spiro atoms. The first-order valence-electron chi connectivity index (χ1n) is 3.96. The van der Waals surface area contributed by atoms with Gasteiger partial charge in [-0.1, -0.05) is 0 Å². The van der Waals surface area contributed by atoms with Gasteiger partial charge in [-0.2, -0.15) is 0 Å². The second kappa shape index (κ2) is 6.24. The van der Waals surface area contributed by atoms with Gasteiger partial charge in [-0.15, -0.1) is 0 Å². The Kier molecular flexibility index (Phi) is 5.62. The first-order valence-corrected chi connectivity index (χ1v) is 3.96. The van der Waals surface area contributed by atoms with Gasteiger partial charge in [0.2, 0.25) is 0 Å². The lowest BCUT2D eigenvalue weighted by molar-refractivity contribution is -0.144. The molecular weight excluding hydrogens is 176 g/mol. The molecule has 0 unspecified atom stereocenters. The molecule has 0 aromatic heterocycles. The summed E-state index contributed by atoms with van der Waals surface area (Å²) >= 11 is 0. The molecule has 0 rings (SSSR count). The average molecular weight is 190 g/mol. The fraction of sp³-hybridized carbons (Fsp3) is 0.714. The quantitative estimate of drug-likeness (QED) is 0.289. The van der Waals surface area contributed by atoms with Crippen molar-refractivity contribution in [2.24, 2.45) is 5.84 Å². The van der Waals surface area contributed by atoms with Crippen LogP contribution in [-0.4, -0.2) is 36.8 Å². The Morgan fingerprint density at radius 1 is 1.23 bits per heavy atom. The number of nitrogens with two attached hydrogens (primary N) is 1. The summed E-state index contributed by atoms with van der Waals surface area (Å²) in [4.78, 5) is 21.7. The molecule has 0 aliphatic carbocycles. The van der Waals surface area contributed by atoms with Gasteiger partial charge in [0.1, 0.15) is 6.54 Å². The molecule has 0 aromatic carbocycles. The summed E-state index contributed by atoms with van der Waals surface area (Å²) in [5.41, 5.74) is 0. The number of hydrogen-bond donors (Lipinski definition) is 1. The van der Waals surface area contributed by atoms with Crippen molar-refractivity contribution in [1.82, 2.24) is 5.01 Å². The molecule has 0 fully saturated rings. The van der Waals surface area contributed by atoms with Gasteiger partial charge in [-0.25, -0.2) is 15.6 Å². The third-order valence-corrected chi connectivity index (χ3v) is 1.11. The Bertz CT molecular complexity index is 183. The van der Waals surface area contributed by atoms with Crippen LogP contribution in [0.15, 0.2) is 0 Å². The molecule has 0 radical (unpaired) electrons. The van der Waals surface area contributed by atoms with Crippen molar-refractivity contribution in [3.8, 4) is 0 Å². The van der Waals surface area contributed by atoms with Gasteiger partial charge in [-0.05, 0) is 13.8 Å². The van der Waals surface area contributed by atoms with Gasteiger partial charge < -0.3 is 9.47 Å². The van der Waals surface area contributed by atoms with Crippen LogP contribution in [0.25, 0.3) is 0 Å². The molecule has 0 saturated heterocycles. The van der Waals surface area contributed by atoms with Crippen molar-refractivity contribution in [1.29, 1.82) is 0 Å². The Balaban J connectivity index is 3.78. The molecule has 0 heterocycles. The van der Waals surface area contributed by atoms with Crippen LogP contribution in [0, 0.1) is 0 Å². The average Bonchev–Trinajstić information content (AvgIpc) is 2.05. The highest BCUT2D eigenvalue weighted by Crippen LogP contribution is 1.88. The van der Waals surface area contributed by atoms with E-state index in [4.69, 9.17) is 5.84 Å². The smallest absolute Gasteiger partial charge is 0.424 e. The number of carbonyl (C=O) groups excluding carboxylic acids is 2. The van der Waals surface area contributed by atoms with E-state index < -0.39 is 12.1 Å². The predicted octanol–water partition coefficient (Wildman–Crippen LogP) is -0.118. The zero-order valence-corrected chi connectivity index (χ0v) is 7.78. The van der Waals surface area contributed by atoms with E-state index in [1.54, 1.807) is 13.8 Å². The van der Waals surface area contributed by atoms with E-state index in [1.807, 2.05) is 0 Å². The van der Waals surface area contributed by atoms with Crippen molar-refractivity contribution in [2.45, 2.75) is 13.8 Å². The first-order chi connectivity index (χ1) is 6.11. The predicted molar refractivity (Wildman–Crippen MR) is 44.5 cm³/mol. The molecule has 6 heteroatoms. The molecule has 2 N–H and O–H groups in total. The maximum atomic E-state index is 10.9. The van der Waals surface area contributed by atoms with Crippen molar-refractivity contribution >= 4 is 12.1 Å². The van der Waals surface area contributed by atoms with Crippen LogP contribution < -0.4 is 5.84 Å². The standard InChI is InChI=1S/C7H14N2O4/c1-3-12-6(10)5-9(8)7(11)13-4-2/h3-5,8H2,1-2H3. The van der Waals surface area contributed by atoms with Gasteiger partial charge >= 0.3 is 12.1 Å². The Morgan fingerprint density at radius 2 is 1.77 bits per heavy atom. The van der Waals surface area contributed by atoms with Crippen molar-refractivity contribution < 1.29 is 19.1 Å². The molecule has 0 aliphatic rings. The van der Waals surface area contributed by atoms with Crippen molar-refractivity contribution in [3.05, 3.63) is 0 Å². The summed E-state index contributed by atoms with van der Waals surface area (Å²) in [7, 11) is 0. The van der Waals surface area contributed by atoms with E-state index in [1.165, 1.54) is 0 Å². The lowest BCUT2D eigenvalue weighted by atomic mass is 10.6. The van der Waals surface area contributed by atoms with E-state index in [0.717, 1.165) is 0 Å². The van der Waals surface area contributed by atoms with E-state index in [-0.39, 0.29) is 19.8 Å². The molecule has 0 aliphatic heterocycles. The number of amides is 1. The van der Waals surface area contributed by atoms with Gasteiger partial charge in [-0.3, -0.25) is 4.79 Å². The van der Waals surface area contributed by atoms with Crippen molar-refractivity contribution in [2.75, 3.05) is 19.8 Å². The van der Waals surface area contributed by atoms with Crippen LogP contribution in [0.1, 0.15) is 13.8 Å². The number of ether oxygens (including phenoxy) is 2. The van der Waals surface area contributed by atoms with Gasteiger partial charge in [0.15, 0.2) is 0 Å². The van der Waals surface area contributed by atoms with E-state index in [9.17, 15) is 9.59 Å². The number of rotatable bonds is 4. The van der Waals surface area contributed by atoms with Crippen LogP contribution in [0.2, 0.25) is 0 Å². The summed E-state index contributed by atoms with van der Waals surface area (Å²) in [6.45, 7) is 3.50. The fourth-order valence-electron chi connectivity index (χ4n) is 0.617. The number of hydrogen-bond acceptors (Lipinski definition) is 5. The SMILES string of the molecule is CCOC(=O)CN(N)C(=O)OCC. The van der Waals surface area contributed by atoms with Gasteiger partial charge in [0.25, 0.3) is 0 Å². The molecule has 0 saturated carbocycles. The Morgan fingerprint density at radius 3 is 2.23 bits per heavy atom. The lowest BCUT2D eigenvalue weighted by Gasteiger charge is -2.14. The third kappa shape index (κ3) is 5.02. The second-order valence-corrected chi connectivity index (χ2v) is 2.13.